The quantitative estimate of drug-likeness (QED) is 0.490. The fourth-order valence-corrected chi connectivity index (χ4v) is 5.10. The first-order valence-corrected chi connectivity index (χ1v) is 10.6. The smallest absolute Gasteiger partial charge is 0.0458 e. The van der Waals surface area contributed by atoms with Gasteiger partial charge in [0.1, 0.15) is 0 Å². The average Bonchev–Trinajstić information content (AvgIpc) is 2.62. The normalized spacial score (nSPS) is 26.4. The number of halogens is 1. The van der Waals surface area contributed by atoms with Gasteiger partial charge in [0, 0.05) is 23.1 Å². The highest BCUT2D eigenvalue weighted by atomic mass is 35.5. The Balaban J connectivity index is 2.32. The molecule has 3 atom stereocenters. The molecule has 0 amide bonds. The van der Waals surface area contributed by atoms with E-state index in [0.29, 0.717) is 6.04 Å². The second-order valence-corrected chi connectivity index (χ2v) is 8.51. The van der Waals surface area contributed by atoms with Crippen LogP contribution in [0, 0.1) is 5.92 Å². The molecule has 1 fully saturated rings. The summed E-state index contributed by atoms with van der Waals surface area (Å²) in [5.74, 6) is 0.721. The third-order valence-corrected chi connectivity index (χ3v) is 6.49. The van der Waals surface area contributed by atoms with Gasteiger partial charge in [-0.3, -0.25) is 9.80 Å². The summed E-state index contributed by atoms with van der Waals surface area (Å²) in [4.78, 5) is 5.13. The maximum atomic E-state index is 6.16. The SMILES string of the molecule is C=CCN(CCC)C1CCC(c2ccc(Cl)cc2)(N(C)C)CC1CCC. The van der Waals surface area contributed by atoms with E-state index in [2.05, 4.69) is 62.5 Å². The maximum Gasteiger partial charge on any atom is 0.0458 e. The van der Waals surface area contributed by atoms with Gasteiger partial charge >= 0.3 is 0 Å². The van der Waals surface area contributed by atoms with Crippen LogP contribution in [0.5, 0.6) is 0 Å². The minimum Gasteiger partial charge on any atom is -0.300 e. The lowest BCUT2D eigenvalue weighted by Crippen LogP contribution is -2.53. The highest BCUT2D eigenvalue weighted by Gasteiger charge is 2.44. The molecule has 0 bridgehead atoms. The molecule has 26 heavy (non-hydrogen) atoms. The standard InChI is InChI=1S/C23H37ClN2/c1-6-9-19-18-23(25(4)5,20-10-12-21(24)13-11-20)15-14-22(19)26(16-7-2)17-8-3/h7,10-13,19,22H,2,6,8-9,14-18H2,1,3-5H3. The van der Waals surface area contributed by atoms with Crippen LogP contribution in [0.1, 0.15) is 57.9 Å². The Morgan fingerprint density at radius 1 is 1.19 bits per heavy atom. The van der Waals surface area contributed by atoms with Crippen molar-refractivity contribution in [2.45, 2.75) is 64.0 Å². The van der Waals surface area contributed by atoms with Gasteiger partial charge in [-0.2, -0.15) is 0 Å². The molecule has 3 unspecified atom stereocenters. The second-order valence-electron chi connectivity index (χ2n) is 8.08. The molecule has 2 nitrogen and oxygen atoms in total. The summed E-state index contributed by atoms with van der Waals surface area (Å²) in [6.07, 6.45) is 9.50. The molecule has 0 saturated heterocycles. The molecule has 0 N–H and O–H groups in total. The number of hydrogen-bond acceptors (Lipinski definition) is 2. The first-order chi connectivity index (χ1) is 12.5. The highest BCUT2D eigenvalue weighted by Crippen LogP contribution is 2.46. The summed E-state index contributed by atoms with van der Waals surface area (Å²) in [7, 11) is 4.48. The summed E-state index contributed by atoms with van der Waals surface area (Å²) in [6.45, 7) is 10.8. The van der Waals surface area contributed by atoms with Gasteiger partial charge in [0.25, 0.3) is 0 Å². The van der Waals surface area contributed by atoms with Gasteiger partial charge in [0.2, 0.25) is 0 Å². The Bertz CT molecular complexity index is 554. The van der Waals surface area contributed by atoms with Gasteiger partial charge in [0.15, 0.2) is 0 Å². The Hall–Kier alpha value is -0.830. The van der Waals surface area contributed by atoms with Crippen LogP contribution in [-0.2, 0) is 5.54 Å². The van der Waals surface area contributed by atoms with E-state index >= 15 is 0 Å². The molecule has 0 spiro atoms. The molecule has 1 aromatic rings. The van der Waals surface area contributed by atoms with Gasteiger partial charge in [0.05, 0.1) is 0 Å². The van der Waals surface area contributed by atoms with Crippen LogP contribution in [0.3, 0.4) is 0 Å². The molecule has 1 aliphatic rings. The molecule has 0 heterocycles. The van der Waals surface area contributed by atoms with Crippen LogP contribution in [0.15, 0.2) is 36.9 Å². The molecule has 0 radical (unpaired) electrons. The van der Waals surface area contributed by atoms with Gasteiger partial charge in [-0.05, 0) is 76.4 Å². The zero-order chi connectivity index (χ0) is 19.2. The summed E-state index contributed by atoms with van der Waals surface area (Å²) in [5, 5.41) is 0.821. The molecular formula is C23H37ClN2. The van der Waals surface area contributed by atoms with Crippen LogP contribution >= 0.6 is 11.6 Å². The molecule has 2 rings (SSSR count). The predicted octanol–water partition coefficient (Wildman–Crippen LogP) is 5.96. The lowest BCUT2D eigenvalue weighted by molar-refractivity contribution is 0.00811. The van der Waals surface area contributed by atoms with Gasteiger partial charge in [-0.1, -0.05) is 50.1 Å². The highest BCUT2D eigenvalue weighted by molar-refractivity contribution is 6.30. The average molecular weight is 377 g/mol. The van der Waals surface area contributed by atoms with Crippen molar-refractivity contribution in [2.75, 3.05) is 27.2 Å². The Labute approximate surface area is 166 Å². The monoisotopic (exact) mass is 376 g/mol. The van der Waals surface area contributed by atoms with E-state index in [1.807, 2.05) is 12.1 Å². The number of rotatable bonds is 9. The molecule has 146 valence electrons. The lowest BCUT2D eigenvalue weighted by atomic mass is 9.67. The topological polar surface area (TPSA) is 6.48 Å². The third kappa shape index (κ3) is 4.71. The lowest BCUT2D eigenvalue weighted by Gasteiger charge is -2.51. The van der Waals surface area contributed by atoms with Crippen LogP contribution in [0.25, 0.3) is 0 Å². The van der Waals surface area contributed by atoms with Crippen LogP contribution < -0.4 is 0 Å². The van der Waals surface area contributed by atoms with Crippen molar-refractivity contribution in [2.24, 2.45) is 5.92 Å². The van der Waals surface area contributed by atoms with Crippen molar-refractivity contribution in [1.82, 2.24) is 9.80 Å². The first kappa shape index (κ1) is 21.5. The second kappa shape index (κ2) is 9.92. The van der Waals surface area contributed by atoms with E-state index in [4.69, 9.17) is 11.6 Å². The van der Waals surface area contributed by atoms with E-state index in [-0.39, 0.29) is 5.54 Å². The zero-order valence-corrected chi connectivity index (χ0v) is 17.9. The van der Waals surface area contributed by atoms with Gasteiger partial charge < -0.3 is 0 Å². The number of nitrogens with zero attached hydrogens (tertiary/aromatic N) is 2. The molecule has 1 aliphatic carbocycles. The van der Waals surface area contributed by atoms with Crippen LogP contribution in [-0.4, -0.2) is 43.0 Å². The number of benzene rings is 1. The fourth-order valence-electron chi connectivity index (χ4n) is 4.97. The molecule has 3 heteroatoms. The summed E-state index contributed by atoms with van der Waals surface area (Å²) < 4.78 is 0. The van der Waals surface area contributed by atoms with Crippen LogP contribution in [0.2, 0.25) is 5.02 Å². The molecule has 1 saturated carbocycles. The van der Waals surface area contributed by atoms with E-state index in [1.54, 1.807) is 0 Å². The zero-order valence-electron chi connectivity index (χ0n) is 17.2. The summed E-state index contributed by atoms with van der Waals surface area (Å²) >= 11 is 6.16. The van der Waals surface area contributed by atoms with E-state index < -0.39 is 0 Å². The molecule has 0 aliphatic heterocycles. The summed E-state index contributed by atoms with van der Waals surface area (Å²) in [6, 6.07) is 9.24. The Morgan fingerprint density at radius 2 is 1.88 bits per heavy atom. The molecular weight excluding hydrogens is 340 g/mol. The third-order valence-electron chi connectivity index (χ3n) is 6.24. The predicted molar refractivity (Wildman–Crippen MR) is 115 cm³/mol. The number of hydrogen-bond donors (Lipinski definition) is 0. The van der Waals surface area contributed by atoms with Crippen molar-refractivity contribution in [3.05, 3.63) is 47.5 Å². The maximum absolute atomic E-state index is 6.16. The Kier molecular flexibility index (Phi) is 8.19. The minimum absolute atomic E-state index is 0.118. The van der Waals surface area contributed by atoms with Crippen molar-refractivity contribution >= 4 is 11.6 Å². The Morgan fingerprint density at radius 3 is 2.42 bits per heavy atom. The van der Waals surface area contributed by atoms with E-state index in [1.165, 1.54) is 50.6 Å². The molecule has 1 aromatic carbocycles. The van der Waals surface area contributed by atoms with Crippen LogP contribution in [0.4, 0.5) is 0 Å². The first-order valence-electron chi connectivity index (χ1n) is 10.3. The van der Waals surface area contributed by atoms with Crippen molar-refractivity contribution in [3.8, 4) is 0 Å². The fraction of sp³-hybridized carbons (Fsp3) is 0.652. The van der Waals surface area contributed by atoms with Crippen molar-refractivity contribution in [1.29, 1.82) is 0 Å². The minimum atomic E-state index is 0.118. The van der Waals surface area contributed by atoms with Gasteiger partial charge in [-0.15, -0.1) is 6.58 Å². The van der Waals surface area contributed by atoms with Gasteiger partial charge in [-0.25, -0.2) is 0 Å². The van der Waals surface area contributed by atoms with E-state index in [9.17, 15) is 0 Å². The van der Waals surface area contributed by atoms with Crippen molar-refractivity contribution < 1.29 is 0 Å². The van der Waals surface area contributed by atoms with E-state index in [0.717, 1.165) is 17.5 Å². The summed E-state index contributed by atoms with van der Waals surface area (Å²) in [5.41, 5.74) is 1.53. The largest absolute Gasteiger partial charge is 0.300 e. The molecule has 0 aromatic heterocycles. The van der Waals surface area contributed by atoms with Crippen molar-refractivity contribution in [3.63, 3.8) is 0 Å².